The summed E-state index contributed by atoms with van der Waals surface area (Å²) >= 11 is 0. The fourth-order valence-electron chi connectivity index (χ4n) is 1.50. The summed E-state index contributed by atoms with van der Waals surface area (Å²) in [6, 6.07) is 6.51. The molecule has 0 atom stereocenters. The van der Waals surface area contributed by atoms with E-state index in [0.29, 0.717) is 5.75 Å². The van der Waals surface area contributed by atoms with Gasteiger partial charge in [0, 0.05) is 6.20 Å². The lowest BCUT2D eigenvalue weighted by Gasteiger charge is -2.07. The van der Waals surface area contributed by atoms with Gasteiger partial charge in [0.05, 0.1) is 17.4 Å². The maximum Gasteiger partial charge on any atom is 0.337 e. The molecular weight excluding hydrogens is 279 g/mol. The number of anilines is 1. The van der Waals surface area contributed by atoms with Crippen molar-refractivity contribution in [2.75, 3.05) is 11.9 Å². The number of carbonyl (C=O) groups is 2. The molecule has 2 aromatic rings. The monoisotopic (exact) mass is 290 g/mol. The number of hydrogen-bond acceptors (Lipinski definition) is 4. The van der Waals surface area contributed by atoms with Crippen LogP contribution in [0.25, 0.3) is 0 Å². The van der Waals surface area contributed by atoms with E-state index in [2.05, 4.69) is 10.3 Å². The zero-order valence-electron chi connectivity index (χ0n) is 10.7. The Morgan fingerprint density at radius 2 is 1.95 bits per heavy atom. The Kier molecular flexibility index (Phi) is 4.45. The summed E-state index contributed by atoms with van der Waals surface area (Å²) in [5.41, 5.74) is 0.217. The van der Waals surface area contributed by atoms with Crippen molar-refractivity contribution in [3.05, 3.63) is 54.1 Å². The topological polar surface area (TPSA) is 88.5 Å². The quantitative estimate of drug-likeness (QED) is 0.878. The van der Waals surface area contributed by atoms with Crippen molar-refractivity contribution < 1.29 is 23.8 Å². The third-order valence-corrected chi connectivity index (χ3v) is 2.45. The number of amides is 1. The number of benzene rings is 1. The average molecular weight is 290 g/mol. The zero-order chi connectivity index (χ0) is 15.2. The van der Waals surface area contributed by atoms with E-state index >= 15 is 0 Å². The second-order valence-electron chi connectivity index (χ2n) is 4.06. The molecule has 21 heavy (non-hydrogen) atoms. The molecule has 1 amide bonds. The highest BCUT2D eigenvalue weighted by molar-refractivity contribution is 5.94. The van der Waals surface area contributed by atoms with Gasteiger partial charge in [0.15, 0.2) is 6.61 Å². The van der Waals surface area contributed by atoms with Gasteiger partial charge in [-0.15, -0.1) is 0 Å². The van der Waals surface area contributed by atoms with Crippen molar-refractivity contribution in [1.29, 1.82) is 0 Å². The lowest BCUT2D eigenvalue weighted by molar-refractivity contribution is -0.118. The molecule has 1 aromatic carbocycles. The van der Waals surface area contributed by atoms with E-state index in [-0.39, 0.29) is 17.9 Å². The van der Waals surface area contributed by atoms with Crippen molar-refractivity contribution in [1.82, 2.24) is 4.98 Å². The van der Waals surface area contributed by atoms with Crippen LogP contribution >= 0.6 is 0 Å². The number of carbonyl (C=O) groups excluding carboxylic acids is 1. The van der Waals surface area contributed by atoms with E-state index in [1.54, 1.807) is 0 Å². The molecule has 0 saturated carbocycles. The minimum atomic E-state index is -1.14. The Morgan fingerprint density at radius 1 is 1.24 bits per heavy atom. The molecule has 0 spiro atoms. The van der Waals surface area contributed by atoms with Crippen molar-refractivity contribution in [3.8, 4) is 5.75 Å². The standard InChI is InChI=1S/C14H11FN2O4/c15-10-1-3-12(4-2-10)21-8-13(18)17-11-5-9(14(19)20)6-16-7-11/h1-7H,8H2,(H,17,18)(H,19,20). The molecule has 108 valence electrons. The van der Waals surface area contributed by atoms with Crippen LogP contribution in [0.15, 0.2) is 42.7 Å². The normalized spacial score (nSPS) is 9.95. The molecule has 6 nitrogen and oxygen atoms in total. The Labute approximate surface area is 119 Å². The van der Waals surface area contributed by atoms with Gasteiger partial charge in [-0.3, -0.25) is 9.78 Å². The van der Waals surface area contributed by atoms with Crippen LogP contribution in [0.5, 0.6) is 5.75 Å². The first-order valence-corrected chi connectivity index (χ1v) is 5.91. The first-order chi connectivity index (χ1) is 10.0. The molecule has 0 fully saturated rings. The van der Waals surface area contributed by atoms with Crippen LogP contribution in [-0.4, -0.2) is 28.6 Å². The third-order valence-electron chi connectivity index (χ3n) is 2.45. The largest absolute Gasteiger partial charge is 0.484 e. The number of hydrogen-bond donors (Lipinski definition) is 2. The van der Waals surface area contributed by atoms with Gasteiger partial charge in [-0.1, -0.05) is 0 Å². The summed E-state index contributed by atoms with van der Waals surface area (Å²) in [6.07, 6.45) is 2.50. The van der Waals surface area contributed by atoms with Gasteiger partial charge in [0.2, 0.25) is 0 Å². The Morgan fingerprint density at radius 3 is 2.62 bits per heavy atom. The first kappa shape index (κ1) is 14.4. The maximum atomic E-state index is 12.7. The minimum Gasteiger partial charge on any atom is -0.484 e. The molecule has 0 unspecified atom stereocenters. The summed E-state index contributed by atoms with van der Waals surface area (Å²) in [5.74, 6) is -1.67. The van der Waals surface area contributed by atoms with Crippen LogP contribution in [0.4, 0.5) is 10.1 Å². The molecule has 0 saturated heterocycles. The highest BCUT2D eigenvalue weighted by Crippen LogP contribution is 2.12. The summed E-state index contributed by atoms with van der Waals surface area (Å²) in [5, 5.41) is 11.3. The van der Waals surface area contributed by atoms with Crippen molar-refractivity contribution in [3.63, 3.8) is 0 Å². The fraction of sp³-hybridized carbons (Fsp3) is 0.0714. The average Bonchev–Trinajstić information content (AvgIpc) is 2.47. The van der Waals surface area contributed by atoms with E-state index in [1.165, 1.54) is 42.7 Å². The number of aromatic carboxylic acids is 1. The number of rotatable bonds is 5. The lowest BCUT2D eigenvalue weighted by atomic mass is 10.2. The molecule has 2 rings (SSSR count). The van der Waals surface area contributed by atoms with Crippen LogP contribution < -0.4 is 10.1 Å². The van der Waals surface area contributed by atoms with Gasteiger partial charge in [-0.05, 0) is 30.3 Å². The Hall–Kier alpha value is -2.96. The van der Waals surface area contributed by atoms with Gasteiger partial charge in [-0.25, -0.2) is 9.18 Å². The van der Waals surface area contributed by atoms with Gasteiger partial charge in [-0.2, -0.15) is 0 Å². The lowest BCUT2D eigenvalue weighted by Crippen LogP contribution is -2.20. The van der Waals surface area contributed by atoms with Gasteiger partial charge >= 0.3 is 5.97 Å². The molecule has 0 aliphatic heterocycles. The smallest absolute Gasteiger partial charge is 0.337 e. The second-order valence-corrected chi connectivity index (χ2v) is 4.06. The first-order valence-electron chi connectivity index (χ1n) is 5.91. The predicted octanol–water partition coefficient (Wildman–Crippen LogP) is 1.94. The SMILES string of the molecule is O=C(COc1ccc(F)cc1)Nc1cncc(C(=O)O)c1. The number of ether oxygens (including phenoxy) is 1. The van der Waals surface area contributed by atoms with Gasteiger partial charge in [0.1, 0.15) is 11.6 Å². The van der Waals surface area contributed by atoms with Crippen LogP contribution in [0.2, 0.25) is 0 Å². The number of aromatic nitrogens is 1. The van der Waals surface area contributed by atoms with Crippen LogP contribution in [0, 0.1) is 5.82 Å². The highest BCUT2D eigenvalue weighted by atomic mass is 19.1. The molecule has 1 heterocycles. The molecule has 0 bridgehead atoms. The number of nitrogens with one attached hydrogen (secondary N) is 1. The number of nitrogens with zero attached hydrogens (tertiary/aromatic N) is 1. The van der Waals surface area contributed by atoms with E-state index in [1.807, 2.05) is 0 Å². The second kappa shape index (κ2) is 6.47. The molecule has 2 N–H and O–H groups in total. The maximum absolute atomic E-state index is 12.7. The van der Waals surface area contributed by atoms with Crippen LogP contribution in [0.1, 0.15) is 10.4 Å². The highest BCUT2D eigenvalue weighted by Gasteiger charge is 2.07. The third kappa shape index (κ3) is 4.27. The molecule has 0 aliphatic carbocycles. The minimum absolute atomic E-state index is 0.0350. The summed E-state index contributed by atoms with van der Waals surface area (Å²) < 4.78 is 17.8. The molecule has 0 aliphatic rings. The molecular formula is C14H11FN2O4. The summed E-state index contributed by atoms with van der Waals surface area (Å²) in [6.45, 7) is -0.289. The van der Waals surface area contributed by atoms with Gasteiger partial charge in [0.25, 0.3) is 5.91 Å². The van der Waals surface area contributed by atoms with Crippen LogP contribution in [0.3, 0.4) is 0 Å². The molecule has 7 heteroatoms. The summed E-state index contributed by atoms with van der Waals surface area (Å²) in [4.78, 5) is 26.1. The number of carboxylic acids is 1. The fourth-order valence-corrected chi connectivity index (χ4v) is 1.50. The molecule has 1 aromatic heterocycles. The Bertz CT molecular complexity index is 658. The number of carboxylic acid groups (broad SMARTS) is 1. The zero-order valence-corrected chi connectivity index (χ0v) is 10.7. The molecule has 0 radical (unpaired) electrons. The van der Waals surface area contributed by atoms with Crippen molar-refractivity contribution in [2.45, 2.75) is 0 Å². The van der Waals surface area contributed by atoms with E-state index in [0.717, 1.165) is 0 Å². The van der Waals surface area contributed by atoms with E-state index < -0.39 is 17.7 Å². The van der Waals surface area contributed by atoms with Crippen LogP contribution in [-0.2, 0) is 4.79 Å². The van der Waals surface area contributed by atoms with Crippen molar-refractivity contribution >= 4 is 17.6 Å². The Balaban J connectivity index is 1.91. The predicted molar refractivity (Wildman–Crippen MR) is 71.7 cm³/mol. The summed E-state index contributed by atoms with van der Waals surface area (Å²) in [7, 11) is 0. The van der Waals surface area contributed by atoms with Crippen molar-refractivity contribution in [2.24, 2.45) is 0 Å². The van der Waals surface area contributed by atoms with E-state index in [9.17, 15) is 14.0 Å². The number of halogens is 1. The van der Waals surface area contributed by atoms with Gasteiger partial charge < -0.3 is 15.2 Å². The van der Waals surface area contributed by atoms with E-state index in [4.69, 9.17) is 9.84 Å². The number of pyridine rings is 1.